The highest BCUT2D eigenvalue weighted by Crippen LogP contribution is 2.24. The molecule has 1 aliphatic rings. The number of hydrogen-bond donors (Lipinski definition) is 3. The van der Waals surface area contributed by atoms with Gasteiger partial charge in [-0.25, -0.2) is 0 Å². The molecule has 24 heavy (non-hydrogen) atoms. The van der Waals surface area contributed by atoms with E-state index in [0.717, 1.165) is 36.4 Å². The fourth-order valence-electron chi connectivity index (χ4n) is 2.54. The van der Waals surface area contributed by atoms with Crippen LogP contribution in [0.3, 0.4) is 0 Å². The molecule has 5 nitrogen and oxygen atoms in total. The fourth-order valence-corrected chi connectivity index (χ4v) is 2.54. The summed E-state index contributed by atoms with van der Waals surface area (Å²) < 4.78 is 5.99. The first-order valence-electron chi connectivity index (χ1n) is 8.37. The van der Waals surface area contributed by atoms with Gasteiger partial charge in [0.2, 0.25) is 0 Å². The molecule has 1 unspecified atom stereocenters. The van der Waals surface area contributed by atoms with Gasteiger partial charge in [-0.3, -0.25) is 5.41 Å². The van der Waals surface area contributed by atoms with E-state index in [1.165, 1.54) is 5.57 Å². The van der Waals surface area contributed by atoms with E-state index in [1.54, 1.807) is 0 Å². The number of nitrogen functional groups attached to an aromatic ring is 1. The molecule has 1 aromatic rings. The Bertz CT molecular complexity index is 617. The Morgan fingerprint density at radius 2 is 2.04 bits per heavy atom. The number of rotatable bonds is 8. The Labute approximate surface area is 144 Å². The first kappa shape index (κ1) is 18.1. The monoisotopic (exact) mass is 328 g/mol. The molecular weight excluding hydrogens is 300 g/mol. The second-order valence-electron chi connectivity index (χ2n) is 6.25. The van der Waals surface area contributed by atoms with Crippen molar-refractivity contribution in [1.82, 2.24) is 4.90 Å². The fraction of sp³-hybridized carbons (Fsp3) is 0.421. The zero-order valence-electron chi connectivity index (χ0n) is 14.8. The van der Waals surface area contributed by atoms with Crippen LogP contribution >= 0.6 is 0 Å². The number of ether oxygens (including phenoxy) is 1. The van der Waals surface area contributed by atoms with Gasteiger partial charge in [0.05, 0.1) is 0 Å². The highest BCUT2D eigenvalue weighted by Gasteiger charge is 2.18. The third-order valence-corrected chi connectivity index (χ3v) is 4.05. The van der Waals surface area contributed by atoms with Gasteiger partial charge >= 0.3 is 0 Å². The Morgan fingerprint density at radius 3 is 2.62 bits per heavy atom. The van der Waals surface area contributed by atoms with Crippen molar-refractivity contribution >= 4 is 11.5 Å². The Balaban J connectivity index is 2.06. The molecule has 0 amide bonds. The maximum atomic E-state index is 7.47. The standard InChI is InChI=1S/C19H28N4O/c1-4-14-5-10-18(24-12-11-23(2)3)17(13-14)22-16-8-6-15(7-9-16)19(20)21/h6-10,13,17,22H,4-5,11-12H2,1-3H3,(H3,20,21). The average Bonchev–Trinajstić information content (AvgIpc) is 2.56. The van der Waals surface area contributed by atoms with Gasteiger partial charge in [-0.2, -0.15) is 0 Å². The Morgan fingerprint density at radius 1 is 1.33 bits per heavy atom. The molecular formula is C19H28N4O. The normalized spacial score (nSPS) is 17.2. The first-order valence-corrected chi connectivity index (χ1v) is 8.37. The van der Waals surface area contributed by atoms with Crippen LogP contribution in [0.1, 0.15) is 25.3 Å². The molecule has 0 heterocycles. The number of hydrogen-bond acceptors (Lipinski definition) is 4. The van der Waals surface area contributed by atoms with E-state index in [-0.39, 0.29) is 11.9 Å². The van der Waals surface area contributed by atoms with Crippen LogP contribution in [-0.4, -0.2) is 44.0 Å². The van der Waals surface area contributed by atoms with E-state index >= 15 is 0 Å². The largest absolute Gasteiger partial charge is 0.494 e. The number of amidine groups is 1. The molecule has 0 aliphatic heterocycles. The summed E-state index contributed by atoms with van der Waals surface area (Å²) in [6.07, 6.45) is 6.43. The predicted molar refractivity (Wildman–Crippen MR) is 100 cm³/mol. The van der Waals surface area contributed by atoms with Crippen LogP contribution in [0.15, 0.2) is 47.7 Å². The van der Waals surface area contributed by atoms with Crippen molar-refractivity contribution < 1.29 is 4.74 Å². The molecule has 0 saturated heterocycles. The molecule has 0 aromatic heterocycles. The minimum Gasteiger partial charge on any atom is -0.494 e. The lowest BCUT2D eigenvalue weighted by atomic mass is 9.98. The molecule has 1 atom stereocenters. The van der Waals surface area contributed by atoms with Crippen LogP contribution in [0, 0.1) is 5.41 Å². The topological polar surface area (TPSA) is 74.4 Å². The third kappa shape index (κ3) is 5.13. The Hall–Kier alpha value is -2.27. The van der Waals surface area contributed by atoms with Gasteiger partial charge in [0.1, 0.15) is 24.2 Å². The van der Waals surface area contributed by atoms with Crippen molar-refractivity contribution in [2.24, 2.45) is 5.73 Å². The van der Waals surface area contributed by atoms with Gasteiger partial charge in [0.15, 0.2) is 0 Å². The van der Waals surface area contributed by atoms with Crippen LogP contribution in [0.25, 0.3) is 0 Å². The summed E-state index contributed by atoms with van der Waals surface area (Å²) in [5.41, 5.74) is 8.63. The highest BCUT2D eigenvalue weighted by atomic mass is 16.5. The van der Waals surface area contributed by atoms with Gasteiger partial charge in [-0.15, -0.1) is 0 Å². The minimum absolute atomic E-state index is 0.0408. The van der Waals surface area contributed by atoms with Crippen LogP contribution in [0.2, 0.25) is 0 Å². The summed E-state index contributed by atoms with van der Waals surface area (Å²) in [5, 5.41) is 11.0. The van der Waals surface area contributed by atoms with E-state index in [0.29, 0.717) is 6.61 Å². The number of anilines is 1. The molecule has 4 N–H and O–H groups in total. The number of benzene rings is 1. The lowest BCUT2D eigenvalue weighted by Crippen LogP contribution is -2.26. The van der Waals surface area contributed by atoms with E-state index in [2.05, 4.69) is 29.3 Å². The van der Waals surface area contributed by atoms with Gasteiger partial charge in [-0.1, -0.05) is 18.6 Å². The van der Waals surface area contributed by atoms with Gasteiger partial charge in [0, 0.05) is 17.8 Å². The number of nitrogens with two attached hydrogens (primary N) is 1. The molecule has 0 bridgehead atoms. The second-order valence-corrected chi connectivity index (χ2v) is 6.25. The van der Waals surface area contributed by atoms with Crippen LogP contribution in [0.4, 0.5) is 5.69 Å². The smallest absolute Gasteiger partial charge is 0.122 e. The van der Waals surface area contributed by atoms with Crippen LogP contribution in [0.5, 0.6) is 0 Å². The van der Waals surface area contributed by atoms with E-state index in [1.807, 2.05) is 38.4 Å². The molecule has 130 valence electrons. The molecule has 0 saturated carbocycles. The van der Waals surface area contributed by atoms with Crippen molar-refractivity contribution in [3.63, 3.8) is 0 Å². The summed E-state index contributed by atoms with van der Waals surface area (Å²) in [6, 6.07) is 7.64. The molecule has 2 rings (SSSR count). The molecule has 5 heteroatoms. The summed E-state index contributed by atoms with van der Waals surface area (Å²) in [4.78, 5) is 2.11. The van der Waals surface area contributed by atoms with Crippen molar-refractivity contribution in [3.05, 3.63) is 53.3 Å². The predicted octanol–water partition coefficient (Wildman–Crippen LogP) is 2.95. The Kier molecular flexibility index (Phi) is 6.44. The molecule has 0 fully saturated rings. The van der Waals surface area contributed by atoms with Gasteiger partial charge in [0.25, 0.3) is 0 Å². The number of nitrogens with zero attached hydrogens (tertiary/aromatic N) is 1. The van der Waals surface area contributed by atoms with E-state index < -0.39 is 0 Å². The van der Waals surface area contributed by atoms with Crippen molar-refractivity contribution in [3.8, 4) is 0 Å². The average molecular weight is 328 g/mol. The summed E-state index contributed by atoms with van der Waals surface area (Å²) >= 11 is 0. The lowest BCUT2D eigenvalue weighted by Gasteiger charge is -2.26. The highest BCUT2D eigenvalue weighted by molar-refractivity contribution is 5.95. The van der Waals surface area contributed by atoms with E-state index in [9.17, 15) is 0 Å². The molecule has 1 aromatic carbocycles. The number of likely N-dealkylation sites (N-methyl/N-ethyl adjacent to an activating group) is 1. The number of nitrogens with one attached hydrogen (secondary N) is 2. The maximum absolute atomic E-state index is 7.47. The van der Waals surface area contributed by atoms with E-state index in [4.69, 9.17) is 15.9 Å². The lowest BCUT2D eigenvalue weighted by molar-refractivity contribution is 0.174. The summed E-state index contributed by atoms with van der Waals surface area (Å²) in [7, 11) is 4.08. The molecule has 0 radical (unpaired) electrons. The molecule has 0 spiro atoms. The summed E-state index contributed by atoms with van der Waals surface area (Å²) in [5.74, 6) is 1.06. The third-order valence-electron chi connectivity index (χ3n) is 4.05. The quantitative estimate of drug-likeness (QED) is 0.390. The van der Waals surface area contributed by atoms with Crippen molar-refractivity contribution in [2.45, 2.75) is 25.8 Å². The second kappa shape index (κ2) is 8.55. The SMILES string of the molecule is CCC1=CC(Nc2ccc(C(=N)N)cc2)C(OCCN(C)C)=CC1. The van der Waals surface area contributed by atoms with Crippen LogP contribution < -0.4 is 11.1 Å². The van der Waals surface area contributed by atoms with Gasteiger partial charge < -0.3 is 20.7 Å². The van der Waals surface area contributed by atoms with Crippen molar-refractivity contribution in [1.29, 1.82) is 5.41 Å². The first-order chi connectivity index (χ1) is 11.5. The molecule has 1 aliphatic carbocycles. The zero-order chi connectivity index (χ0) is 17.5. The van der Waals surface area contributed by atoms with Crippen LogP contribution in [-0.2, 0) is 4.74 Å². The zero-order valence-corrected chi connectivity index (χ0v) is 14.8. The number of allylic oxidation sites excluding steroid dienone is 2. The minimum atomic E-state index is 0.0408. The van der Waals surface area contributed by atoms with Crippen molar-refractivity contribution in [2.75, 3.05) is 32.6 Å². The maximum Gasteiger partial charge on any atom is 0.122 e. The van der Waals surface area contributed by atoms with Gasteiger partial charge in [-0.05, 0) is 57.3 Å². The summed E-state index contributed by atoms with van der Waals surface area (Å²) in [6.45, 7) is 3.74.